The third-order valence-electron chi connectivity index (χ3n) is 3.51. The molecule has 0 radical (unpaired) electrons. The van der Waals surface area contributed by atoms with Crippen LogP contribution in [0, 0.1) is 0 Å². The molecular weight excluding hydrogens is 254 g/mol. The van der Waals surface area contributed by atoms with Crippen molar-refractivity contribution in [3.63, 3.8) is 0 Å². The lowest BCUT2D eigenvalue weighted by molar-refractivity contribution is 0.471. The number of rotatable bonds is 5. The van der Waals surface area contributed by atoms with Crippen molar-refractivity contribution in [2.24, 2.45) is 5.73 Å². The third kappa shape index (κ3) is 2.56. The van der Waals surface area contributed by atoms with E-state index in [-0.39, 0.29) is 11.4 Å². The maximum Gasteiger partial charge on any atom is 0.339 e. The quantitative estimate of drug-likeness (QED) is 0.823. The van der Waals surface area contributed by atoms with Gasteiger partial charge in [0, 0.05) is 23.6 Å². The van der Waals surface area contributed by atoms with Crippen molar-refractivity contribution >= 4 is 11.0 Å². The maximum atomic E-state index is 12.1. The highest BCUT2D eigenvalue weighted by atomic mass is 16.4. The Balaban J connectivity index is 2.85. The molecule has 0 saturated heterocycles. The fourth-order valence-electron chi connectivity index (χ4n) is 2.71. The van der Waals surface area contributed by atoms with Crippen LogP contribution in [0.2, 0.25) is 0 Å². The smallest absolute Gasteiger partial charge is 0.339 e. The van der Waals surface area contributed by atoms with Gasteiger partial charge in [0.15, 0.2) is 0 Å². The van der Waals surface area contributed by atoms with Crippen molar-refractivity contribution in [2.45, 2.75) is 46.1 Å². The molecule has 1 aromatic carbocycles. The lowest BCUT2D eigenvalue weighted by atomic mass is 9.95. The summed E-state index contributed by atoms with van der Waals surface area (Å²) in [7, 11) is 0. The summed E-state index contributed by atoms with van der Waals surface area (Å²) in [5.74, 6) is 0.121. The van der Waals surface area contributed by atoms with E-state index in [9.17, 15) is 9.90 Å². The van der Waals surface area contributed by atoms with Crippen molar-refractivity contribution in [1.82, 2.24) is 0 Å². The highest BCUT2D eigenvalue weighted by Crippen LogP contribution is 2.29. The molecule has 0 aliphatic heterocycles. The Labute approximate surface area is 118 Å². The second kappa shape index (κ2) is 6.09. The number of benzene rings is 1. The highest BCUT2D eigenvalue weighted by Gasteiger charge is 2.16. The van der Waals surface area contributed by atoms with Gasteiger partial charge < -0.3 is 15.3 Å². The monoisotopic (exact) mass is 275 g/mol. The van der Waals surface area contributed by atoms with E-state index < -0.39 is 0 Å². The normalized spacial score (nSPS) is 11.2. The summed E-state index contributed by atoms with van der Waals surface area (Å²) in [6.07, 6.45) is 3.30. The summed E-state index contributed by atoms with van der Waals surface area (Å²) in [6.45, 7) is 4.40. The van der Waals surface area contributed by atoms with Gasteiger partial charge in [-0.3, -0.25) is 0 Å². The van der Waals surface area contributed by atoms with E-state index in [0.717, 1.165) is 35.8 Å². The van der Waals surface area contributed by atoms with Gasteiger partial charge in [-0.2, -0.15) is 0 Å². The van der Waals surface area contributed by atoms with Crippen LogP contribution in [0.25, 0.3) is 11.0 Å². The van der Waals surface area contributed by atoms with Crippen LogP contribution in [0.15, 0.2) is 21.3 Å². The Hall–Kier alpha value is -1.81. The Morgan fingerprint density at radius 3 is 2.45 bits per heavy atom. The van der Waals surface area contributed by atoms with E-state index in [1.807, 2.05) is 6.92 Å². The summed E-state index contributed by atoms with van der Waals surface area (Å²) in [5.41, 5.74) is 8.49. The molecule has 1 heterocycles. The van der Waals surface area contributed by atoms with Gasteiger partial charge in [0.25, 0.3) is 0 Å². The standard InChI is InChI=1S/C16H21NO3/c1-3-5-10-7-11(18)8-14-15(10)13(9-17)12(6-4-2)16(19)20-14/h7-8,18H,3-6,9,17H2,1-2H3. The van der Waals surface area contributed by atoms with Gasteiger partial charge in [-0.1, -0.05) is 26.7 Å². The maximum absolute atomic E-state index is 12.1. The van der Waals surface area contributed by atoms with Gasteiger partial charge in [0.2, 0.25) is 0 Å². The molecule has 20 heavy (non-hydrogen) atoms. The van der Waals surface area contributed by atoms with E-state index in [4.69, 9.17) is 10.2 Å². The average molecular weight is 275 g/mol. The van der Waals surface area contributed by atoms with Crippen molar-refractivity contribution in [3.8, 4) is 5.75 Å². The second-order valence-electron chi connectivity index (χ2n) is 5.03. The third-order valence-corrected chi connectivity index (χ3v) is 3.51. The summed E-state index contributed by atoms with van der Waals surface area (Å²) in [6, 6.07) is 3.23. The molecule has 3 N–H and O–H groups in total. The van der Waals surface area contributed by atoms with Gasteiger partial charge in [0.05, 0.1) is 0 Å². The van der Waals surface area contributed by atoms with Gasteiger partial charge in [-0.15, -0.1) is 0 Å². The molecule has 0 fully saturated rings. The topological polar surface area (TPSA) is 76.5 Å². The molecule has 1 aromatic heterocycles. The molecule has 2 rings (SSSR count). The Morgan fingerprint density at radius 2 is 1.85 bits per heavy atom. The van der Waals surface area contributed by atoms with Crippen LogP contribution >= 0.6 is 0 Å². The van der Waals surface area contributed by atoms with E-state index in [0.29, 0.717) is 24.1 Å². The fraction of sp³-hybridized carbons (Fsp3) is 0.438. The van der Waals surface area contributed by atoms with Crippen LogP contribution in [-0.4, -0.2) is 5.11 Å². The lowest BCUT2D eigenvalue weighted by Crippen LogP contribution is -2.15. The molecule has 0 aliphatic rings. The largest absolute Gasteiger partial charge is 0.508 e. The number of fused-ring (bicyclic) bond motifs is 1. The van der Waals surface area contributed by atoms with Gasteiger partial charge >= 0.3 is 5.63 Å². The number of aryl methyl sites for hydroxylation is 1. The first-order valence-electron chi connectivity index (χ1n) is 7.12. The minimum Gasteiger partial charge on any atom is -0.508 e. The van der Waals surface area contributed by atoms with Crippen LogP contribution in [0.3, 0.4) is 0 Å². The molecule has 108 valence electrons. The van der Waals surface area contributed by atoms with Crippen LogP contribution < -0.4 is 11.4 Å². The van der Waals surface area contributed by atoms with Gasteiger partial charge in [-0.25, -0.2) is 4.79 Å². The Bertz CT molecular complexity index is 673. The lowest BCUT2D eigenvalue weighted by Gasteiger charge is -2.13. The molecule has 0 saturated carbocycles. The Kier molecular flexibility index (Phi) is 4.45. The van der Waals surface area contributed by atoms with Crippen LogP contribution in [0.4, 0.5) is 0 Å². The number of aromatic hydroxyl groups is 1. The first-order chi connectivity index (χ1) is 9.62. The van der Waals surface area contributed by atoms with E-state index in [1.165, 1.54) is 6.07 Å². The van der Waals surface area contributed by atoms with Crippen molar-refractivity contribution in [1.29, 1.82) is 0 Å². The van der Waals surface area contributed by atoms with E-state index in [2.05, 4.69) is 6.92 Å². The number of nitrogens with two attached hydrogens (primary N) is 1. The predicted molar refractivity (Wildman–Crippen MR) is 80.0 cm³/mol. The molecule has 0 amide bonds. The number of hydrogen-bond donors (Lipinski definition) is 2. The van der Waals surface area contributed by atoms with E-state index >= 15 is 0 Å². The molecule has 0 atom stereocenters. The fourth-order valence-corrected chi connectivity index (χ4v) is 2.71. The molecule has 0 aliphatic carbocycles. The van der Waals surface area contributed by atoms with Crippen molar-refractivity contribution in [3.05, 3.63) is 39.2 Å². The first kappa shape index (κ1) is 14.6. The second-order valence-corrected chi connectivity index (χ2v) is 5.03. The van der Waals surface area contributed by atoms with E-state index in [1.54, 1.807) is 6.07 Å². The first-order valence-corrected chi connectivity index (χ1v) is 7.12. The molecule has 0 spiro atoms. The van der Waals surface area contributed by atoms with Gasteiger partial charge in [0.1, 0.15) is 11.3 Å². The number of phenols is 1. The van der Waals surface area contributed by atoms with Crippen LogP contribution in [0.5, 0.6) is 5.75 Å². The summed E-state index contributed by atoms with van der Waals surface area (Å²) >= 11 is 0. The minimum atomic E-state index is -0.340. The van der Waals surface area contributed by atoms with Gasteiger partial charge in [-0.05, 0) is 30.0 Å². The molecule has 4 heteroatoms. The molecule has 0 bridgehead atoms. The zero-order valence-electron chi connectivity index (χ0n) is 12.0. The molecular formula is C16H21NO3. The number of hydrogen-bond acceptors (Lipinski definition) is 4. The zero-order valence-corrected chi connectivity index (χ0v) is 12.0. The summed E-state index contributed by atoms with van der Waals surface area (Å²) in [5, 5.41) is 10.7. The predicted octanol–water partition coefficient (Wildman–Crippen LogP) is 2.86. The number of phenolic OH excluding ortho intramolecular Hbond substituents is 1. The van der Waals surface area contributed by atoms with Crippen molar-refractivity contribution in [2.75, 3.05) is 0 Å². The summed E-state index contributed by atoms with van der Waals surface area (Å²) in [4.78, 5) is 12.1. The molecule has 4 nitrogen and oxygen atoms in total. The molecule has 0 unspecified atom stereocenters. The molecule has 2 aromatic rings. The minimum absolute atomic E-state index is 0.121. The SMILES string of the molecule is CCCc1c(CN)c2c(CCC)cc(O)cc2oc1=O. The van der Waals surface area contributed by atoms with Crippen LogP contribution in [0.1, 0.15) is 43.4 Å². The average Bonchev–Trinajstić information content (AvgIpc) is 2.40. The zero-order chi connectivity index (χ0) is 14.7. The highest BCUT2D eigenvalue weighted by molar-refractivity contribution is 5.86. The van der Waals surface area contributed by atoms with Crippen molar-refractivity contribution < 1.29 is 9.52 Å². The summed E-state index contributed by atoms with van der Waals surface area (Å²) < 4.78 is 5.38. The van der Waals surface area contributed by atoms with Crippen LogP contribution in [-0.2, 0) is 19.4 Å². The Morgan fingerprint density at radius 1 is 1.15 bits per heavy atom.